The maximum absolute atomic E-state index is 6.01. The Bertz CT molecular complexity index is 274. The molecule has 0 bridgehead atoms. The van der Waals surface area contributed by atoms with Crippen LogP contribution in [0.5, 0.6) is 0 Å². The number of ether oxygens (including phenoxy) is 1. The predicted molar refractivity (Wildman–Crippen MR) is 72.1 cm³/mol. The minimum absolute atomic E-state index is 0.281. The molecular formula is C15H29NO. The van der Waals surface area contributed by atoms with Gasteiger partial charge in [0.25, 0.3) is 0 Å². The van der Waals surface area contributed by atoms with Crippen molar-refractivity contribution in [1.29, 1.82) is 0 Å². The lowest BCUT2D eigenvalue weighted by Gasteiger charge is -2.41. The average Bonchev–Trinajstić information content (AvgIpc) is 2.57. The van der Waals surface area contributed by atoms with Gasteiger partial charge < -0.3 is 4.74 Å². The summed E-state index contributed by atoms with van der Waals surface area (Å²) in [7, 11) is 0. The molecule has 2 aliphatic heterocycles. The van der Waals surface area contributed by atoms with E-state index in [-0.39, 0.29) is 5.54 Å². The van der Waals surface area contributed by atoms with Crippen molar-refractivity contribution in [3.63, 3.8) is 0 Å². The van der Waals surface area contributed by atoms with Crippen molar-refractivity contribution in [3.05, 3.63) is 0 Å². The Kier molecular flexibility index (Phi) is 3.33. The summed E-state index contributed by atoms with van der Waals surface area (Å²) in [5, 5.41) is 0. The summed E-state index contributed by atoms with van der Waals surface area (Å²) in [5.41, 5.74) is 0.698. The van der Waals surface area contributed by atoms with Gasteiger partial charge in [-0.15, -0.1) is 0 Å². The van der Waals surface area contributed by atoms with Gasteiger partial charge in [0, 0.05) is 31.2 Å². The van der Waals surface area contributed by atoms with E-state index in [4.69, 9.17) is 4.74 Å². The van der Waals surface area contributed by atoms with Crippen molar-refractivity contribution in [3.8, 4) is 0 Å². The first-order valence-electron chi connectivity index (χ1n) is 7.06. The molecule has 0 radical (unpaired) electrons. The fourth-order valence-corrected chi connectivity index (χ4v) is 3.55. The van der Waals surface area contributed by atoms with E-state index >= 15 is 0 Å². The van der Waals surface area contributed by atoms with E-state index in [0.717, 1.165) is 25.0 Å². The molecular weight excluding hydrogens is 210 g/mol. The third-order valence-electron chi connectivity index (χ3n) is 4.65. The Labute approximate surface area is 107 Å². The molecule has 2 heterocycles. The topological polar surface area (TPSA) is 12.5 Å². The molecule has 2 aliphatic rings. The normalized spacial score (nSPS) is 36.0. The van der Waals surface area contributed by atoms with Crippen LogP contribution in [0.15, 0.2) is 0 Å². The van der Waals surface area contributed by atoms with Gasteiger partial charge in [0.2, 0.25) is 0 Å². The summed E-state index contributed by atoms with van der Waals surface area (Å²) in [6.45, 7) is 17.4. The highest BCUT2D eigenvalue weighted by Crippen LogP contribution is 2.44. The molecule has 0 aromatic heterocycles. The van der Waals surface area contributed by atoms with Crippen LogP contribution in [0.25, 0.3) is 0 Å². The van der Waals surface area contributed by atoms with Crippen LogP contribution in [0.4, 0.5) is 0 Å². The molecule has 0 amide bonds. The van der Waals surface area contributed by atoms with Crippen LogP contribution in [-0.4, -0.2) is 36.2 Å². The van der Waals surface area contributed by atoms with E-state index < -0.39 is 0 Å². The van der Waals surface area contributed by atoms with E-state index in [9.17, 15) is 0 Å². The van der Waals surface area contributed by atoms with Gasteiger partial charge in [0.1, 0.15) is 0 Å². The van der Waals surface area contributed by atoms with Crippen LogP contribution in [0, 0.1) is 17.3 Å². The molecule has 2 fully saturated rings. The Hall–Kier alpha value is -0.0800. The Balaban J connectivity index is 2.12. The van der Waals surface area contributed by atoms with E-state index in [0.29, 0.717) is 11.5 Å². The summed E-state index contributed by atoms with van der Waals surface area (Å²) in [6.07, 6.45) is 1.72. The second kappa shape index (κ2) is 4.24. The van der Waals surface area contributed by atoms with E-state index in [2.05, 4.69) is 46.4 Å². The maximum atomic E-state index is 6.01. The number of fused-ring (bicyclic) bond motifs is 1. The largest absolute Gasteiger partial charge is 0.377 e. The number of likely N-dealkylation sites (tertiary alicyclic amines) is 1. The molecule has 17 heavy (non-hydrogen) atoms. The van der Waals surface area contributed by atoms with Gasteiger partial charge in [-0.1, -0.05) is 20.8 Å². The molecule has 2 nitrogen and oxygen atoms in total. The monoisotopic (exact) mass is 239 g/mol. The second-order valence-corrected chi connectivity index (χ2v) is 7.91. The Morgan fingerprint density at radius 3 is 2.18 bits per heavy atom. The van der Waals surface area contributed by atoms with Crippen LogP contribution in [0.3, 0.4) is 0 Å². The van der Waals surface area contributed by atoms with Crippen LogP contribution >= 0.6 is 0 Å². The summed E-state index contributed by atoms with van der Waals surface area (Å²) in [4.78, 5) is 2.60. The van der Waals surface area contributed by atoms with Crippen molar-refractivity contribution < 1.29 is 4.74 Å². The molecule has 0 aromatic carbocycles. The summed E-state index contributed by atoms with van der Waals surface area (Å²) < 4.78 is 6.01. The zero-order valence-corrected chi connectivity index (χ0v) is 12.4. The van der Waals surface area contributed by atoms with Gasteiger partial charge in [-0.2, -0.15) is 0 Å². The van der Waals surface area contributed by atoms with Crippen LogP contribution in [0.2, 0.25) is 0 Å². The van der Waals surface area contributed by atoms with Gasteiger partial charge in [-0.3, -0.25) is 4.90 Å². The quantitative estimate of drug-likeness (QED) is 0.644. The minimum atomic E-state index is 0.281. The molecule has 3 unspecified atom stereocenters. The summed E-state index contributed by atoms with van der Waals surface area (Å²) >= 11 is 0. The zero-order valence-electron chi connectivity index (χ0n) is 12.4. The number of rotatable bonds is 0. The standard InChI is InChI=1S/C15H29NO/c1-14(2,3)12-7-8-17-13-10-16(9-11(12)13)15(4,5)6/h11-13H,7-10H2,1-6H3. The molecule has 0 aromatic rings. The molecule has 2 rings (SSSR count). The van der Waals surface area contributed by atoms with Crippen LogP contribution in [-0.2, 0) is 4.74 Å². The van der Waals surface area contributed by atoms with E-state index in [1.165, 1.54) is 13.0 Å². The molecule has 0 aliphatic carbocycles. The predicted octanol–water partition coefficient (Wildman–Crippen LogP) is 3.17. The minimum Gasteiger partial charge on any atom is -0.377 e. The van der Waals surface area contributed by atoms with Crippen molar-refractivity contribution >= 4 is 0 Å². The second-order valence-electron chi connectivity index (χ2n) is 7.91. The molecule has 100 valence electrons. The summed E-state index contributed by atoms with van der Waals surface area (Å²) in [5.74, 6) is 1.55. The lowest BCUT2D eigenvalue weighted by molar-refractivity contribution is -0.0600. The highest BCUT2D eigenvalue weighted by atomic mass is 16.5. The third-order valence-corrected chi connectivity index (χ3v) is 4.65. The first-order valence-corrected chi connectivity index (χ1v) is 7.06. The fraction of sp³-hybridized carbons (Fsp3) is 1.00. The van der Waals surface area contributed by atoms with Gasteiger partial charge in [-0.25, -0.2) is 0 Å². The van der Waals surface area contributed by atoms with Crippen LogP contribution in [0.1, 0.15) is 48.0 Å². The maximum Gasteiger partial charge on any atom is 0.0745 e. The number of hydrogen-bond donors (Lipinski definition) is 0. The SMILES string of the molecule is CC(C)(C)C1CCOC2CN(C(C)(C)C)CC21. The number of hydrogen-bond acceptors (Lipinski definition) is 2. The lowest BCUT2D eigenvalue weighted by atomic mass is 9.69. The van der Waals surface area contributed by atoms with Crippen molar-refractivity contribution in [2.24, 2.45) is 17.3 Å². The fourth-order valence-electron chi connectivity index (χ4n) is 3.55. The highest BCUT2D eigenvalue weighted by molar-refractivity contribution is 4.98. The first-order chi connectivity index (χ1) is 7.69. The first kappa shape index (κ1) is 13.4. The Morgan fingerprint density at radius 2 is 1.65 bits per heavy atom. The van der Waals surface area contributed by atoms with Gasteiger partial charge >= 0.3 is 0 Å². The van der Waals surface area contributed by atoms with Crippen molar-refractivity contribution in [2.45, 2.75) is 59.6 Å². The molecule has 2 heteroatoms. The van der Waals surface area contributed by atoms with Crippen molar-refractivity contribution in [2.75, 3.05) is 19.7 Å². The average molecular weight is 239 g/mol. The third kappa shape index (κ3) is 2.68. The smallest absolute Gasteiger partial charge is 0.0745 e. The summed E-state index contributed by atoms with van der Waals surface area (Å²) in [6, 6.07) is 0. The molecule has 0 spiro atoms. The van der Waals surface area contributed by atoms with Crippen LogP contribution < -0.4 is 0 Å². The molecule has 0 saturated carbocycles. The number of nitrogens with zero attached hydrogens (tertiary/aromatic N) is 1. The van der Waals surface area contributed by atoms with Gasteiger partial charge in [0.15, 0.2) is 0 Å². The van der Waals surface area contributed by atoms with Gasteiger partial charge in [-0.05, 0) is 38.5 Å². The van der Waals surface area contributed by atoms with Gasteiger partial charge in [0.05, 0.1) is 6.10 Å². The van der Waals surface area contributed by atoms with E-state index in [1.54, 1.807) is 0 Å². The highest BCUT2D eigenvalue weighted by Gasteiger charge is 2.47. The van der Waals surface area contributed by atoms with E-state index in [1.807, 2.05) is 0 Å². The van der Waals surface area contributed by atoms with Crippen molar-refractivity contribution in [1.82, 2.24) is 4.90 Å². The molecule has 3 atom stereocenters. The molecule has 2 saturated heterocycles. The molecule has 0 N–H and O–H groups in total. The Morgan fingerprint density at radius 1 is 1.00 bits per heavy atom. The lowest BCUT2D eigenvalue weighted by Crippen LogP contribution is -2.41. The zero-order chi connectivity index (χ0) is 12.8.